The third-order valence-corrected chi connectivity index (χ3v) is 3.20. The van der Waals surface area contributed by atoms with Crippen LogP contribution in [0.4, 0.5) is 0 Å². The van der Waals surface area contributed by atoms with Crippen LogP contribution < -0.4 is 5.32 Å². The van der Waals surface area contributed by atoms with E-state index in [9.17, 15) is 4.79 Å². The Hall–Kier alpha value is -2.77. The van der Waals surface area contributed by atoms with E-state index < -0.39 is 0 Å². The largest absolute Gasteiger partial charge is 0.351 e. The van der Waals surface area contributed by atoms with Crippen LogP contribution in [0.2, 0.25) is 0 Å². The number of fused-ring (bicyclic) bond motifs is 1. The van der Waals surface area contributed by atoms with Crippen LogP contribution in [-0.4, -0.2) is 42.2 Å². The Bertz CT molecular complexity index is 775. The Morgan fingerprint density at radius 2 is 2.24 bits per heavy atom. The molecule has 0 aliphatic rings. The summed E-state index contributed by atoms with van der Waals surface area (Å²) in [4.78, 5) is 20.5. The standard InChI is InChI=1S/C13H15N7O/c1-8-5-12-15-6-10(9(2)20(12)19-8)13(21)14-4-3-11-16-7-17-18-11/h5-7H,3-4H2,1-2H3,(H,14,21)(H,16,17,18). The van der Waals surface area contributed by atoms with Gasteiger partial charge in [-0.25, -0.2) is 14.5 Å². The second-order valence-electron chi connectivity index (χ2n) is 4.75. The van der Waals surface area contributed by atoms with Crippen LogP contribution in [-0.2, 0) is 6.42 Å². The summed E-state index contributed by atoms with van der Waals surface area (Å²) in [5, 5.41) is 13.7. The van der Waals surface area contributed by atoms with E-state index in [1.54, 1.807) is 10.7 Å². The van der Waals surface area contributed by atoms with Crippen molar-refractivity contribution in [3.63, 3.8) is 0 Å². The summed E-state index contributed by atoms with van der Waals surface area (Å²) < 4.78 is 1.68. The summed E-state index contributed by atoms with van der Waals surface area (Å²) in [6.45, 7) is 4.22. The molecule has 3 rings (SSSR count). The lowest BCUT2D eigenvalue weighted by Gasteiger charge is -2.07. The number of rotatable bonds is 4. The number of carbonyl (C=O) groups excluding carboxylic acids is 1. The van der Waals surface area contributed by atoms with Gasteiger partial charge in [0, 0.05) is 25.2 Å². The Labute approximate surface area is 120 Å². The molecule has 0 aromatic carbocycles. The predicted molar refractivity (Wildman–Crippen MR) is 74.9 cm³/mol. The topological polar surface area (TPSA) is 101 Å². The average Bonchev–Trinajstić information content (AvgIpc) is 3.08. The van der Waals surface area contributed by atoms with Crippen molar-refractivity contribution in [2.45, 2.75) is 20.3 Å². The molecule has 0 saturated heterocycles. The number of hydrogen-bond donors (Lipinski definition) is 2. The monoisotopic (exact) mass is 285 g/mol. The summed E-state index contributed by atoms with van der Waals surface area (Å²) in [5.74, 6) is 0.567. The normalized spacial score (nSPS) is 11.0. The molecule has 0 unspecified atom stereocenters. The van der Waals surface area contributed by atoms with Crippen LogP contribution >= 0.6 is 0 Å². The summed E-state index contributed by atoms with van der Waals surface area (Å²) in [6, 6.07) is 1.87. The van der Waals surface area contributed by atoms with Crippen LogP contribution in [0.3, 0.4) is 0 Å². The Kier molecular flexibility index (Phi) is 3.35. The number of hydrogen-bond acceptors (Lipinski definition) is 5. The average molecular weight is 285 g/mol. The van der Waals surface area contributed by atoms with Crippen molar-refractivity contribution in [1.29, 1.82) is 0 Å². The number of nitrogens with zero attached hydrogens (tertiary/aromatic N) is 5. The van der Waals surface area contributed by atoms with E-state index in [2.05, 4.69) is 30.6 Å². The van der Waals surface area contributed by atoms with Gasteiger partial charge in [-0.2, -0.15) is 10.2 Å². The van der Waals surface area contributed by atoms with Crippen LogP contribution in [0.1, 0.15) is 27.6 Å². The molecule has 0 fully saturated rings. The fourth-order valence-electron chi connectivity index (χ4n) is 2.13. The number of nitrogens with one attached hydrogen (secondary N) is 2. The molecular formula is C13H15N7O. The third-order valence-electron chi connectivity index (χ3n) is 3.20. The SMILES string of the molecule is Cc1cc2ncc(C(=O)NCCc3ncn[nH]3)c(C)n2n1. The van der Waals surface area contributed by atoms with Crippen molar-refractivity contribution in [2.75, 3.05) is 6.54 Å². The maximum absolute atomic E-state index is 12.2. The van der Waals surface area contributed by atoms with Crippen molar-refractivity contribution < 1.29 is 4.79 Å². The lowest BCUT2D eigenvalue weighted by Crippen LogP contribution is -2.27. The molecule has 3 aromatic rings. The van der Waals surface area contributed by atoms with Crippen LogP contribution in [0.5, 0.6) is 0 Å². The summed E-state index contributed by atoms with van der Waals surface area (Å²) in [5.41, 5.74) is 2.89. The van der Waals surface area contributed by atoms with Gasteiger partial charge in [-0.1, -0.05) is 0 Å². The van der Waals surface area contributed by atoms with Gasteiger partial charge in [0.15, 0.2) is 5.65 Å². The van der Waals surface area contributed by atoms with E-state index in [0.29, 0.717) is 18.5 Å². The van der Waals surface area contributed by atoms with Gasteiger partial charge in [0.2, 0.25) is 0 Å². The second kappa shape index (κ2) is 5.31. The van der Waals surface area contributed by atoms with Crippen molar-refractivity contribution in [1.82, 2.24) is 35.1 Å². The van der Waals surface area contributed by atoms with Gasteiger partial charge < -0.3 is 5.32 Å². The number of carbonyl (C=O) groups is 1. The summed E-state index contributed by atoms with van der Waals surface area (Å²) in [7, 11) is 0. The van der Waals surface area contributed by atoms with Crippen molar-refractivity contribution in [3.05, 3.63) is 41.4 Å². The van der Waals surface area contributed by atoms with Gasteiger partial charge in [-0.3, -0.25) is 9.89 Å². The zero-order valence-corrected chi connectivity index (χ0v) is 11.8. The summed E-state index contributed by atoms with van der Waals surface area (Å²) in [6.07, 6.45) is 3.62. The van der Waals surface area contributed by atoms with Crippen molar-refractivity contribution in [2.24, 2.45) is 0 Å². The number of aryl methyl sites for hydroxylation is 2. The highest BCUT2D eigenvalue weighted by Crippen LogP contribution is 2.10. The van der Waals surface area contributed by atoms with E-state index in [1.807, 2.05) is 19.9 Å². The molecule has 0 atom stereocenters. The third kappa shape index (κ3) is 2.60. The van der Waals surface area contributed by atoms with Gasteiger partial charge in [0.25, 0.3) is 5.91 Å². The van der Waals surface area contributed by atoms with Gasteiger partial charge in [-0.15, -0.1) is 0 Å². The molecule has 3 heterocycles. The van der Waals surface area contributed by atoms with E-state index >= 15 is 0 Å². The number of aromatic amines is 1. The zero-order chi connectivity index (χ0) is 14.8. The Balaban J connectivity index is 1.73. The van der Waals surface area contributed by atoms with Crippen LogP contribution in [0.15, 0.2) is 18.6 Å². The molecule has 0 aliphatic heterocycles. The van der Waals surface area contributed by atoms with Crippen LogP contribution in [0, 0.1) is 13.8 Å². The molecule has 0 saturated carbocycles. The number of amides is 1. The highest BCUT2D eigenvalue weighted by atomic mass is 16.1. The second-order valence-corrected chi connectivity index (χ2v) is 4.75. The highest BCUT2D eigenvalue weighted by Gasteiger charge is 2.13. The fourth-order valence-corrected chi connectivity index (χ4v) is 2.13. The first-order chi connectivity index (χ1) is 10.1. The maximum Gasteiger partial charge on any atom is 0.254 e. The number of aromatic nitrogens is 6. The maximum atomic E-state index is 12.2. The molecule has 8 heteroatoms. The lowest BCUT2D eigenvalue weighted by atomic mass is 10.2. The molecule has 3 aromatic heterocycles. The predicted octanol–water partition coefficient (Wildman–Crippen LogP) is 0.437. The molecule has 2 N–H and O–H groups in total. The molecule has 0 aliphatic carbocycles. The van der Waals surface area contributed by atoms with Gasteiger partial charge in [0.1, 0.15) is 12.2 Å². The molecular weight excluding hydrogens is 270 g/mol. The van der Waals surface area contributed by atoms with Gasteiger partial charge in [-0.05, 0) is 13.8 Å². The Morgan fingerprint density at radius 3 is 3.00 bits per heavy atom. The number of H-pyrrole nitrogens is 1. The molecule has 0 spiro atoms. The molecule has 0 bridgehead atoms. The lowest BCUT2D eigenvalue weighted by molar-refractivity contribution is 0.0952. The minimum atomic E-state index is -0.172. The van der Waals surface area contributed by atoms with Gasteiger partial charge in [0.05, 0.1) is 17.0 Å². The molecule has 0 radical (unpaired) electrons. The molecule has 21 heavy (non-hydrogen) atoms. The minimum Gasteiger partial charge on any atom is -0.351 e. The molecule has 1 amide bonds. The first-order valence-corrected chi connectivity index (χ1v) is 6.59. The fraction of sp³-hybridized carbons (Fsp3) is 0.308. The first-order valence-electron chi connectivity index (χ1n) is 6.59. The quantitative estimate of drug-likeness (QED) is 0.724. The van der Waals surface area contributed by atoms with Crippen molar-refractivity contribution in [3.8, 4) is 0 Å². The first kappa shape index (κ1) is 13.2. The Morgan fingerprint density at radius 1 is 1.38 bits per heavy atom. The smallest absolute Gasteiger partial charge is 0.254 e. The van der Waals surface area contributed by atoms with E-state index in [-0.39, 0.29) is 5.91 Å². The van der Waals surface area contributed by atoms with Crippen molar-refractivity contribution >= 4 is 11.6 Å². The van der Waals surface area contributed by atoms with Gasteiger partial charge >= 0.3 is 0 Å². The van der Waals surface area contributed by atoms with E-state index in [4.69, 9.17) is 0 Å². The summed E-state index contributed by atoms with van der Waals surface area (Å²) >= 11 is 0. The minimum absolute atomic E-state index is 0.172. The van der Waals surface area contributed by atoms with E-state index in [1.165, 1.54) is 6.33 Å². The molecule has 8 nitrogen and oxygen atoms in total. The highest BCUT2D eigenvalue weighted by molar-refractivity contribution is 5.95. The molecule has 108 valence electrons. The zero-order valence-electron chi connectivity index (χ0n) is 11.8. The van der Waals surface area contributed by atoms with Crippen LogP contribution in [0.25, 0.3) is 5.65 Å². The van der Waals surface area contributed by atoms with E-state index in [0.717, 1.165) is 22.9 Å².